The van der Waals surface area contributed by atoms with Crippen LogP contribution >= 0.6 is 0 Å². The first-order valence-electron chi connectivity index (χ1n) is 10.3. The topological polar surface area (TPSA) is 55.8 Å². The van der Waals surface area contributed by atoms with Gasteiger partial charge in [0.25, 0.3) is 0 Å². The van der Waals surface area contributed by atoms with E-state index in [1.165, 1.54) is 6.42 Å². The summed E-state index contributed by atoms with van der Waals surface area (Å²) in [6, 6.07) is -0.516. The fourth-order valence-corrected chi connectivity index (χ4v) is 5.49. The highest BCUT2D eigenvalue weighted by Gasteiger charge is 2.56. The van der Waals surface area contributed by atoms with Gasteiger partial charge in [-0.05, 0) is 43.4 Å². The second-order valence-electron chi connectivity index (χ2n) is 9.09. The molecule has 1 amide bonds. The standard InChI is InChI=1S/C21H31NO4/c1-13(2)16-6-5-14(3)11-18(16)25-20(24)22-10-4-8-21-9-7-15(26-21)12-17(23)19(21)22/h7,9,13-16,18-19H,4-6,8,10-12H2,1-3H3/t14-,15+,16+,18-,19-,21-/m1/s1. The van der Waals surface area contributed by atoms with Gasteiger partial charge in [0, 0.05) is 13.0 Å². The molecule has 0 aromatic heterocycles. The van der Waals surface area contributed by atoms with E-state index in [0.29, 0.717) is 30.7 Å². The minimum Gasteiger partial charge on any atom is -0.446 e. The molecule has 2 saturated heterocycles. The highest BCUT2D eigenvalue weighted by Crippen LogP contribution is 2.44. The summed E-state index contributed by atoms with van der Waals surface area (Å²) in [5.41, 5.74) is -0.616. The maximum atomic E-state index is 13.1. The number of carbonyl (C=O) groups is 2. The number of likely N-dealkylation sites (tertiary alicyclic amines) is 1. The second-order valence-corrected chi connectivity index (χ2v) is 9.09. The van der Waals surface area contributed by atoms with E-state index in [9.17, 15) is 9.59 Å². The third kappa shape index (κ3) is 2.98. The number of amides is 1. The van der Waals surface area contributed by atoms with E-state index < -0.39 is 11.6 Å². The van der Waals surface area contributed by atoms with Crippen molar-refractivity contribution in [2.45, 2.75) is 83.1 Å². The highest BCUT2D eigenvalue weighted by molar-refractivity contribution is 5.91. The number of ether oxygens (including phenoxy) is 2. The first-order chi connectivity index (χ1) is 12.4. The molecule has 1 saturated carbocycles. The molecule has 5 nitrogen and oxygen atoms in total. The lowest BCUT2D eigenvalue weighted by molar-refractivity contribution is -0.161. The fraction of sp³-hybridized carbons (Fsp3) is 0.810. The second kappa shape index (κ2) is 6.66. The Kier molecular flexibility index (Phi) is 4.62. The Bertz CT molecular complexity index is 615. The van der Waals surface area contributed by atoms with Crippen molar-refractivity contribution in [1.82, 2.24) is 4.90 Å². The predicted molar refractivity (Wildman–Crippen MR) is 97.7 cm³/mol. The van der Waals surface area contributed by atoms with Crippen LogP contribution in [0.5, 0.6) is 0 Å². The zero-order chi connectivity index (χ0) is 18.5. The first kappa shape index (κ1) is 18.0. The van der Waals surface area contributed by atoms with Crippen molar-refractivity contribution < 1.29 is 19.1 Å². The van der Waals surface area contributed by atoms with Crippen LogP contribution in [0.4, 0.5) is 4.79 Å². The van der Waals surface area contributed by atoms with Crippen LogP contribution in [0.3, 0.4) is 0 Å². The highest BCUT2D eigenvalue weighted by atomic mass is 16.6. The van der Waals surface area contributed by atoms with Gasteiger partial charge in [-0.15, -0.1) is 0 Å². The number of fused-ring (bicyclic) bond motifs is 1. The Labute approximate surface area is 156 Å². The van der Waals surface area contributed by atoms with Crippen LogP contribution in [0.25, 0.3) is 0 Å². The molecule has 5 heteroatoms. The van der Waals surface area contributed by atoms with Gasteiger partial charge in [0.2, 0.25) is 0 Å². The van der Waals surface area contributed by atoms with Gasteiger partial charge in [-0.1, -0.05) is 39.3 Å². The molecule has 0 radical (unpaired) electrons. The summed E-state index contributed by atoms with van der Waals surface area (Å²) in [4.78, 5) is 27.5. The van der Waals surface area contributed by atoms with E-state index in [0.717, 1.165) is 25.7 Å². The lowest BCUT2D eigenvalue weighted by atomic mass is 9.75. The summed E-state index contributed by atoms with van der Waals surface area (Å²) >= 11 is 0. The number of rotatable bonds is 2. The number of piperidine rings is 1. The van der Waals surface area contributed by atoms with Gasteiger partial charge in [-0.25, -0.2) is 4.79 Å². The Balaban J connectivity index is 1.52. The molecule has 0 aromatic carbocycles. The minimum absolute atomic E-state index is 0.0457. The average Bonchev–Trinajstić information content (AvgIpc) is 2.90. The van der Waals surface area contributed by atoms with Gasteiger partial charge in [0.1, 0.15) is 17.7 Å². The van der Waals surface area contributed by atoms with Crippen molar-refractivity contribution in [2.75, 3.05) is 6.54 Å². The van der Waals surface area contributed by atoms with Gasteiger partial charge in [0.05, 0.1) is 6.10 Å². The molecule has 3 fully saturated rings. The zero-order valence-corrected chi connectivity index (χ0v) is 16.1. The normalized spacial score (nSPS) is 42.1. The van der Waals surface area contributed by atoms with E-state index >= 15 is 0 Å². The molecular weight excluding hydrogens is 330 g/mol. The molecule has 144 valence electrons. The SMILES string of the molecule is CC(C)[C@@H]1CC[C@@H](C)C[C@H]1OC(=O)N1CCC[C@@]23C=C[C@@H](CC(=O)[C@@H]12)O3. The maximum Gasteiger partial charge on any atom is 0.410 e. The predicted octanol–water partition coefficient (Wildman–Crippen LogP) is 3.71. The molecule has 1 spiro atoms. The Hall–Kier alpha value is -1.36. The van der Waals surface area contributed by atoms with Crippen molar-refractivity contribution in [2.24, 2.45) is 17.8 Å². The summed E-state index contributed by atoms with van der Waals surface area (Å²) in [5.74, 6) is 1.59. The summed E-state index contributed by atoms with van der Waals surface area (Å²) in [5, 5.41) is 0. The zero-order valence-electron chi connectivity index (χ0n) is 16.1. The van der Waals surface area contributed by atoms with Crippen molar-refractivity contribution in [3.8, 4) is 0 Å². The average molecular weight is 361 g/mol. The molecule has 6 atom stereocenters. The Morgan fingerprint density at radius 1 is 1.38 bits per heavy atom. The van der Waals surface area contributed by atoms with Gasteiger partial charge in [-0.3, -0.25) is 9.69 Å². The van der Waals surface area contributed by atoms with Crippen LogP contribution in [-0.4, -0.2) is 47.2 Å². The van der Waals surface area contributed by atoms with Crippen LogP contribution < -0.4 is 0 Å². The molecule has 0 N–H and O–H groups in total. The van der Waals surface area contributed by atoms with Crippen molar-refractivity contribution in [3.63, 3.8) is 0 Å². The summed E-state index contributed by atoms with van der Waals surface area (Å²) < 4.78 is 12.2. The Morgan fingerprint density at radius 2 is 2.19 bits per heavy atom. The van der Waals surface area contributed by atoms with Gasteiger partial charge < -0.3 is 9.47 Å². The van der Waals surface area contributed by atoms with E-state index in [1.54, 1.807) is 4.90 Å². The maximum absolute atomic E-state index is 13.1. The van der Waals surface area contributed by atoms with Crippen LogP contribution in [-0.2, 0) is 14.3 Å². The van der Waals surface area contributed by atoms with E-state index in [4.69, 9.17) is 9.47 Å². The molecule has 26 heavy (non-hydrogen) atoms. The van der Waals surface area contributed by atoms with Crippen LogP contribution in [0.15, 0.2) is 12.2 Å². The fourth-order valence-electron chi connectivity index (χ4n) is 5.49. The third-order valence-electron chi connectivity index (χ3n) is 6.86. The lowest BCUT2D eigenvalue weighted by Crippen LogP contribution is -2.64. The van der Waals surface area contributed by atoms with Crippen molar-refractivity contribution in [1.29, 1.82) is 0 Å². The van der Waals surface area contributed by atoms with Crippen molar-refractivity contribution >= 4 is 11.9 Å². The molecule has 2 bridgehead atoms. The smallest absolute Gasteiger partial charge is 0.410 e. The van der Waals surface area contributed by atoms with Crippen LogP contribution in [0.2, 0.25) is 0 Å². The van der Waals surface area contributed by atoms with Gasteiger partial charge in [0.15, 0.2) is 5.78 Å². The molecular formula is C21H31NO4. The molecule has 4 rings (SSSR count). The number of hydrogen-bond donors (Lipinski definition) is 0. The molecule has 3 heterocycles. The first-order valence-corrected chi connectivity index (χ1v) is 10.3. The third-order valence-corrected chi connectivity index (χ3v) is 6.86. The molecule has 3 aliphatic heterocycles. The monoisotopic (exact) mass is 361 g/mol. The van der Waals surface area contributed by atoms with Gasteiger partial charge in [-0.2, -0.15) is 0 Å². The van der Waals surface area contributed by atoms with Gasteiger partial charge >= 0.3 is 6.09 Å². The van der Waals surface area contributed by atoms with Crippen molar-refractivity contribution in [3.05, 3.63) is 12.2 Å². The minimum atomic E-state index is -0.616. The Morgan fingerprint density at radius 3 is 2.96 bits per heavy atom. The van der Waals surface area contributed by atoms with E-state index in [-0.39, 0.29) is 24.1 Å². The van der Waals surface area contributed by atoms with Crippen LogP contribution in [0.1, 0.15) is 59.3 Å². The molecule has 1 aliphatic carbocycles. The molecule has 4 aliphatic rings. The number of ketones is 1. The number of nitrogens with zero attached hydrogens (tertiary/aromatic N) is 1. The summed E-state index contributed by atoms with van der Waals surface area (Å²) in [6.07, 6.45) is 8.76. The molecule has 0 aromatic rings. The number of hydrogen-bond acceptors (Lipinski definition) is 4. The largest absolute Gasteiger partial charge is 0.446 e. The quantitative estimate of drug-likeness (QED) is 0.704. The summed E-state index contributed by atoms with van der Waals surface area (Å²) in [6.45, 7) is 7.22. The lowest BCUT2D eigenvalue weighted by Gasteiger charge is -2.48. The number of Topliss-reactive ketones (excluding diaryl/α,β-unsaturated/α-hetero) is 1. The van der Waals surface area contributed by atoms with E-state index in [2.05, 4.69) is 20.8 Å². The molecule has 0 unspecified atom stereocenters. The summed E-state index contributed by atoms with van der Waals surface area (Å²) in [7, 11) is 0. The number of carbonyl (C=O) groups excluding carboxylic acids is 2. The van der Waals surface area contributed by atoms with Crippen LogP contribution in [0, 0.1) is 17.8 Å². The van der Waals surface area contributed by atoms with E-state index in [1.807, 2.05) is 12.2 Å².